The molecule has 0 spiro atoms. The maximum Gasteiger partial charge on any atom is 0.307 e. The van der Waals surface area contributed by atoms with Gasteiger partial charge in [-0.3, -0.25) is 4.79 Å². The highest BCUT2D eigenvalue weighted by Crippen LogP contribution is 1.88. The van der Waals surface area contributed by atoms with Crippen molar-refractivity contribution in [3.05, 3.63) is 12.5 Å². The van der Waals surface area contributed by atoms with Crippen molar-refractivity contribution in [2.75, 3.05) is 0 Å². The Morgan fingerprint density at radius 2 is 2.00 bits per heavy atom. The van der Waals surface area contributed by atoms with Gasteiger partial charge in [-0.15, -0.1) is 0 Å². The first kappa shape index (κ1) is 9.01. The number of hydrogen-bond acceptors (Lipinski definition) is 3. The largest absolute Gasteiger partial charge is 0.495 e. The minimum Gasteiger partial charge on any atom is -0.495 e. The van der Waals surface area contributed by atoms with Gasteiger partial charge in [-0.2, -0.15) is 0 Å². The van der Waals surface area contributed by atoms with Gasteiger partial charge in [0, 0.05) is 6.92 Å². The van der Waals surface area contributed by atoms with Crippen LogP contribution >= 0.6 is 0 Å². The van der Waals surface area contributed by atoms with Crippen molar-refractivity contribution in [1.29, 1.82) is 0 Å². The molecule has 0 bridgehead atoms. The Balaban J connectivity index is 3.29. The fourth-order valence-corrected chi connectivity index (χ4v) is 0.313. The molecule has 0 aromatic carbocycles. The van der Waals surface area contributed by atoms with Crippen molar-refractivity contribution in [3.8, 4) is 0 Å². The highest BCUT2D eigenvalue weighted by atomic mass is 16.5. The van der Waals surface area contributed by atoms with Gasteiger partial charge in [0.05, 0.1) is 6.10 Å². The first-order chi connectivity index (χ1) is 4.63. The second-order valence-corrected chi connectivity index (χ2v) is 2.07. The molecule has 0 aromatic heterocycles. The van der Waals surface area contributed by atoms with E-state index in [1.165, 1.54) is 19.4 Å². The van der Waals surface area contributed by atoms with Crippen LogP contribution in [0.25, 0.3) is 0 Å². The summed E-state index contributed by atoms with van der Waals surface area (Å²) in [5.74, 6) is -0.344. The predicted molar refractivity (Wildman–Crippen MR) is 37.1 cm³/mol. The molecule has 0 heterocycles. The first-order valence-electron chi connectivity index (χ1n) is 3.10. The summed E-state index contributed by atoms with van der Waals surface area (Å²) in [7, 11) is 0. The Bertz CT molecular complexity index is 127. The van der Waals surface area contributed by atoms with Gasteiger partial charge in [-0.05, 0) is 13.8 Å². The Morgan fingerprint density at radius 1 is 1.40 bits per heavy atom. The van der Waals surface area contributed by atoms with Gasteiger partial charge in [0.25, 0.3) is 0 Å². The lowest BCUT2D eigenvalue weighted by Crippen LogP contribution is -1.96. The lowest BCUT2D eigenvalue weighted by Gasteiger charge is -2.01. The minimum atomic E-state index is -0.344. The topological polar surface area (TPSA) is 35.5 Å². The molecular formula is C7H12O3. The van der Waals surface area contributed by atoms with Gasteiger partial charge in [0.2, 0.25) is 0 Å². The van der Waals surface area contributed by atoms with E-state index in [2.05, 4.69) is 4.74 Å². The molecule has 0 amide bonds. The Hall–Kier alpha value is -0.990. The monoisotopic (exact) mass is 144 g/mol. The van der Waals surface area contributed by atoms with Crippen LogP contribution in [0.5, 0.6) is 0 Å². The molecule has 0 saturated heterocycles. The second-order valence-electron chi connectivity index (χ2n) is 2.07. The van der Waals surface area contributed by atoms with E-state index in [9.17, 15) is 4.79 Å². The summed E-state index contributed by atoms with van der Waals surface area (Å²) in [6.07, 6.45) is 2.70. The highest BCUT2D eigenvalue weighted by Gasteiger charge is 1.87. The molecule has 0 aliphatic carbocycles. The zero-order chi connectivity index (χ0) is 7.98. The number of hydrogen-bond donors (Lipinski definition) is 0. The van der Waals surface area contributed by atoms with E-state index in [4.69, 9.17) is 4.74 Å². The van der Waals surface area contributed by atoms with Crippen LogP contribution in [0.1, 0.15) is 20.8 Å². The van der Waals surface area contributed by atoms with Crippen LogP contribution in [0.3, 0.4) is 0 Å². The molecule has 0 aliphatic heterocycles. The summed E-state index contributed by atoms with van der Waals surface area (Å²) in [6, 6.07) is 0. The van der Waals surface area contributed by atoms with Crippen molar-refractivity contribution in [2.45, 2.75) is 26.9 Å². The number of rotatable bonds is 3. The summed E-state index contributed by atoms with van der Waals surface area (Å²) >= 11 is 0. The summed E-state index contributed by atoms with van der Waals surface area (Å²) in [5, 5.41) is 0. The summed E-state index contributed by atoms with van der Waals surface area (Å²) in [5.41, 5.74) is 0. The molecule has 10 heavy (non-hydrogen) atoms. The third-order valence-corrected chi connectivity index (χ3v) is 0.640. The van der Waals surface area contributed by atoms with Gasteiger partial charge in [-0.25, -0.2) is 0 Å². The van der Waals surface area contributed by atoms with Crippen LogP contribution in [0.4, 0.5) is 0 Å². The molecule has 58 valence electrons. The van der Waals surface area contributed by atoms with Crippen molar-refractivity contribution >= 4 is 5.97 Å². The molecule has 3 nitrogen and oxygen atoms in total. The number of ether oxygens (including phenoxy) is 2. The Kier molecular flexibility index (Phi) is 4.37. The summed E-state index contributed by atoms with van der Waals surface area (Å²) in [4.78, 5) is 10.2. The van der Waals surface area contributed by atoms with Gasteiger partial charge in [0.1, 0.15) is 12.5 Å². The average molecular weight is 144 g/mol. The van der Waals surface area contributed by atoms with Gasteiger partial charge < -0.3 is 9.47 Å². The molecule has 0 fully saturated rings. The quantitative estimate of drug-likeness (QED) is 0.444. The van der Waals surface area contributed by atoms with Crippen molar-refractivity contribution < 1.29 is 14.3 Å². The Labute approximate surface area is 60.6 Å². The van der Waals surface area contributed by atoms with Crippen LogP contribution in [-0.2, 0) is 14.3 Å². The number of carbonyl (C=O) groups is 1. The zero-order valence-electron chi connectivity index (χ0n) is 6.46. The van der Waals surface area contributed by atoms with E-state index >= 15 is 0 Å². The minimum absolute atomic E-state index is 0.117. The van der Waals surface area contributed by atoms with Crippen LogP contribution in [0, 0.1) is 0 Å². The van der Waals surface area contributed by atoms with Crippen LogP contribution in [0.2, 0.25) is 0 Å². The van der Waals surface area contributed by atoms with Crippen molar-refractivity contribution in [2.24, 2.45) is 0 Å². The molecular weight excluding hydrogens is 132 g/mol. The molecule has 0 unspecified atom stereocenters. The molecule has 3 heteroatoms. The lowest BCUT2D eigenvalue weighted by atomic mass is 10.5. The SMILES string of the molecule is CC(=O)O/C=C\OC(C)C. The third-order valence-electron chi connectivity index (χ3n) is 0.640. The highest BCUT2D eigenvalue weighted by molar-refractivity contribution is 5.66. The smallest absolute Gasteiger partial charge is 0.307 e. The molecule has 0 N–H and O–H groups in total. The van der Waals surface area contributed by atoms with Crippen molar-refractivity contribution in [3.63, 3.8) is 0 Å². The van der Waals surface area contributed by atoms with E-state index in [1.807, 2.05) is 13.8 Å². The molecule has 0 aliphatic rings. The van der Waals surface area contributed by atoms with Gasteiger partial charge in [0.15, 0.2) is 0 Å². The molecule has 0 radical (unpaired) electrons. The van der Waals surface area contributed by atoms with E-state index < -0.39 is 0 Å². The van der Waals surface area contributed by atoms with Gasteiger partial charge >= 0.3 is 5.97 Å². The normalized spacial score (nSPS) is 10.4. The number of esters is 1. The van der Waals surface area contributed by atoms with E-state index in [-0.39, 0.29) is 12.1 Å². The van der Waals surface area contributed by atoms with E-state index in [0.29, 0.717) is 0 Å². The van der Waals surface area contributed by atoms with E-state index in [1.54, 1.807) is 0 Å². The standard InChI is InChI=1S/C7H12O3/c1-6(2)9-4-5-10-7(3)8/h4-6H,1-3H3/b5-4-. The number of carbonyl (C=O) groups excluding carboxylic acids is 1. The zero-order valence-corrected chi connectivity index (χ0v) is 6.46. The van der Waals surface area contributed by atoms with Crippen LogP contribution in [-0.4, -0.2) is 12.1 Å². The summed E-state index contributed by atoms with van der Waals surface area (Å²) in [6.45, 7) is 5.11. The fourth-order valence-electron chi connectivity index (χ4n) is 0.313. The van der Waals surface area contributed by atoms with Gasteiger partial charge in [-0.1, -0.05) is 0 Å². The third kappa shape index (κ3) is 7.01. The molecule has 0 aromatic rings. The van der Waals surface area contributed by atoms with E-state index in [0.717, 1.165) is 0 Å². The lowest BCUT2D eigenvalue weighted by molar-refractivity contribution is -0.135. The average Bonchev–Trinajstić information content (AvgIpc) is 1.79. The molecule has 0 atom stereocenters. The van der Waals surface area contributed by atoms with Crippen molar-refractivity contribution in [1.82, 2.24) is 0 Å². The maximum atomic E-state index is 10.2. The molecule has 0 rings (SSSR count). The summed E-state index contributed by atoms with van der Waals surface area (Å²) < 4.78 is 9.38. The van der Waals surface area contributed by atoms with Crippen LogP contribution in [0.15, 0.2) is 12.5 Å². The predicted octanol–water partition coefficient (Wildman–Crippen LogP) is 1.45. The second kappa shape index (κ2) is 4.85. The first-order valence-corrected chi connectivity index (χ1v) is 3.10. The van der Waals surface area contributed by atoms with Crippen LogP contribution < -0.4 is 0 Å². The maximum absolute atomic E-state index is 10.2. The fraction of sp³-hybridized carbons (Fsp3) is 0.571. The molecule has 0 saturated carbocycles. The Morgan fingerprint density at radius 3 is 2.40 bits per heavy atom.